The summed E-state index contributed by atoms with van der Waals surface area (Å²) in [5, 5.41) is 0. The van der Waals surface area contributed by atoms with Crippen molar-refractivity contribution in [3.63, 3.8) is 0 Å². The Bertz CT molecular complexity index is 99.4. The fourth-order valence-electron chi connectivity index (χ4n) is 0.502. The number of rotatable bonds is 3. The number of carbonyl (C=O) groups excluding carboxylic acids is 1. The van der Waals surface area contributed by atoms with Crippen LogP contribution in [0.2, 0.25) is 0 Å². The van der Waals surface area contributed by atoms with E-state index in [1.807, 2.05) is 6.92 Å². The zero-order chi connectivity index (χ0) is 6.41. The Balaban J connectivity index is 3.40. The second kappa shape index (κ2) is 4.39. The van der Waals surface area contributed by atoms with E-state index >= 15 is 0 Å². The first kappa shape index (κ1) is 7.23. The summed E-state index contributed by atoms with van der Waals surface area (Å²) >= 11 is 0. The molecule has 1 heteroatoms. The fourth-order valence-corrected chi connectivity index (χ4v) is 0.502. The Morgan fingerprint density at radius 1 is 1.88 bits per heavy atom. The number of hydrogen-bond acceptors (Lipinski definition) is 1. The maximum Gasteiger partial charge on any atom is 0.134 e. The second-order valence-electron chi connectivity index (χ2n) is 1.70. The Hall–Kier alpha value is -0.770. The van der Waals surface area contributed by atoms with Gasteiger partial charge < -0.3 is 4.79 Å². The van der Waals surface area contributed by atoms with Gasteiger partial charge in [0, 0.05) is 0 Å². The van der Waals surface area contributed by atoms with E-state index in [0.717, 1.165) is 19.1 Å². The largest absolute Gasteiger partial charge is 0.302 e. The van der Waals surface area contributed by atoms with Gasteiger partial charge in [-0.1, -0.05) is 19.3 Å². The third-order valence-corrected chi connectivity index (χ3v) is 0.978. The van der Waals surface area contributed by atoms with Crippen LogP contribution in [-0.2, 0) is 4.79 Å². The van der Waals surface area contributed by atoms with Crippen LogP contribution in [0.25, 0.3) is 0 Å². The number of terminal acetylenes is 1. The lowest BCUT2D eigenvalue weighted by molar-refractivity contribution is -0.109. The summed E-state index contributed by atoms with van der Waals surface area (Å²) in [5.41, 5.74) is 0. The number of carbonyl (C=O) groups is 1. The van der Waals surface area contributed by atoms with E-state index in [0.29, 0.717) is 0 Å². The quantitative estimate of drug-likeness (QED) is 0.394. The molecule has 0 fully saturated rings. The molecule has 1 nitrogen and oxygen atoms in total. The smallest absolute Gasteiger partial charge is 0.134 e. The highest BCUT2D eigenvalue weighted by Gasteiger charge is 1.97. The van der Waals surface area contributed by atoms with E-state index < -0.39 is 0 Å². The third kappa shape index (κ3) is 2.41. The van der Waals surface area contributed by atoms with Crippen LogP contribution in [0.3, 0.4) is 0 Å². The number of aldehydes is 1. The summed E-state index contributed by atoms with van der Waals surface area (Å²) < 4.78 is 0. The first-order valence-corrected chi connectivity index (χ1v) is 2.76. The molecule has 0 spiro atoms. The van der Waals surface area contributed by atoms with E-state index in [2.05, 4.69) is 5.92 Å². The van der Waals surface area contributed by atoms with Crippen LogP contribution in [0.1, 0.15) is 19.8 Å². The Morgan fingerprint density at radius 2 is 2.50 bits per heavy atom. The normalized spacial score (nSPS) is 12.0. The fraction of sp³-hybridized carbons (Fsp3) is 0.571. The highest BCUT2D eigenvalue weighted by atomic mass is 16.1. The molecular formula is C7H10O. The van der Waals surface area contributed by atoms with Crippen molar-refractivity contribution in [1.82, 2.24) is 0 Å². The molecule has 0 aliphatic rings. The zero-order valence-corrected chi connectivity index (χ0v) is 5.05. The Kier molecular flexibility index (Phi) is 3.97. The molecule has 0 N–H and O–H groups in total. The standard InChI is InChI=1S/C7H10O/c1-3-5-7(4-2)6-8/h2,6-7H,3,5H2,1H3. The van der Waals surface area contributed by atoms with Crippen molar-refractivity contribution < 1.29 is 4.79 Å². The molecule has 0 aromatic carbocycles. The molecule has 0 rings (SSSR count). The summed E-state index contributed by atoms with van der Waals surface area (Å²) in [7, 11) is 0. The topological polar surface area (TPSA) is 17.1 Å². The molecule has 8 heavy (non-hydrogen) atoms. The maximum atomic E-state index is 9.98. The SMILES string of the molecule is C#CC(C=O)CCC. The van der Waals surface area contributed by atoms with E-state index in [9.17, 15) is 4.79 Å². The summed E-state index contributed by atoms with van der Waals surface area (Å²) in [6.07, 6.45) is 7.61. The molecule has 0 aliphatic carbocycles. The van der Waals surface area contributed by atoms with Crippen LogP contribution in [-0.4, -0.2) is 6.29 Å². The highest BCUT2D eigenvalue weighted by molar-refractivity contribution is 5.57. The van der Waals surface area contributed by atoms with Gasteiger partial charge in [0.15, 0.2) is 0 Å². The van der Waals surface area contributed by atoms with Gasteiger partial charge in [-0.2, -0.15) is 0 Å². The Morgan fingerprint density at radius 3 is 2.62 bits per heavy atom. The number of hydrogen-bond donors (Lipinski definition) is 0. The van der Waals surface area contributed by atoms with Gasteiger partial charge in [0.2, 0.25) is 0 Å². The van der Waals surface area contributed by atoms with E-state index in [4.69, 9.17) is 6.42 Å². The first-order chi connectivity index (χ1) is 3.85. The van der Waals surface area contributed by atoms with Gasteiger partial charge in [-0.25, -0.2) is 0 Å². The lowest BCUT2D eigenvalue weighted by Gasteiger charge is -1.94. The van der Waals surface area contributed by atoms with Gasteiger partial charge >= 0.3 is 0 Å². The van der Waals surface area contributed by atoms with Crippen LogP contribution in [0.5, 0.6) is 0 Å². The van der Waals surface area contributed by atoms with Crippen molar-refractivity contribution in [3.8, 4) is 12.3 Å². The molecule has 1 atom stereocenters. The summed E-state index contributed by atoms with van der Waals surface area (Å²) in [6.45, 7) is 2.01. The van der Waals surface area contributed by atoms with Gasteiger partial charge in [-0.3, -0.25) is 0 Å². The second-order valence-corrected chi connectivity index (χ2v) is 1.70. The van der Waals surface area contributed by atoms with Crippen molar-refractivity contribution in [1.29, 1.82) is 0 Å². The monoisotopic (exact) mass is 110 g/mol. The van der Waals surface area contributed by atoms with Crippen molar-refractivity contribution in [2.75, 3.05) is 0 Å². The van der Waals surface area contributed by atoms with Crippen LogP contribution in [0.4, 0.5) is 0 Å². The predicted octanol–water partition coefficient (Wildman–Crippen LogP) is 1.23. The summed E-state index contributed by atoms with van der Waals surface area (Å²) in [4.78, 5) is 9.98. The van der Waals surface area contributed by atoms with Crippen molar-refractivity contribution >= 4 is 6.29 Å². The third-order valence-electron chi connectivity index (χ3n) is 0.978. The van der Waals surface area contributed by atoms with Crippen molar-refractivity contribution in [2.24, 2.45) is 5.92 Å². The molecular weight excluding hydrogens is 100 g/mol. The molecule has 0 amide bonds. The predicted molar refractivity (Wildman–Crippen MR) is 33.3 cm³/mol. The average molecular weight is 110 g/mol. The molecule has 0 aromatic heterocycles. The van der Waals surface area contributed by atoms with E-state index in [1.54, 1.807) is 0 Å². The van der Waals surface area contributed by atoms with Gasteiger partial charge in [0.25, 0.3) is 0 Å². The average Bonchev–Trinajstić information content (AvgIpc) is 1.83. The first-order valence-electron chi connectivity index (χ1n) is 2.76. The molecule has 0 bridgehead atoms. The molecule has 0 aromatic rings. The van der Waals surface area contributed by atoms with Gasteiger partial charge in [-0.15, -0.1) is 6.42 Å². The maximum absolute atomic E-state index is 9.98. The lowest BCUT2D eigenvalue weighted by atomic mass is 10.1. The lowest BCUT2D eigenvalue weighted by Crippen LogP contribution is -1.95. The van der Waals surface area contributed by atoms with E-state index in [1.165, 1.54) is 0 Å². The molecule has 0 saturated heterocycles. The summed E-state index contributed by atoms with van der Waals surface area (Å²) in [6, 6.07) is 0. The molecule has 0 radical (unpaired) electrons. The van der Waals surface area contributed by atoms with Crippen LogP contribution in [0, 0.1) is 18.3 Å². The molecule has 0 aliphatic heterocycles. The minimum atomic E-state index is -0.153. The van der Waals surface area contributed by atoms with Crippen molar-refractivity contribution in [3.05, 3.63) is 0 Å². The minimum absolute atomic E-state index is 0.153. The highest BCUT2D eigenvalue weighted by Crippen LogP contribution is 1.99. The Labute approximate surface area is 50.1 Å². The van der Waals surface area contributed by atoms with Gasteiger partial charge in [0.1, 0.15) is 6.29 Å². The van der Waals surface area contributed by atoms with Crippen LogP contribution < -0.4 is 0 Å². The van der Waals surface area contributed by atoms with Crippen molar-refractivity contribution in [2.45, 2.75) is 19.8 Å². The van der Waals surface area contributed by atoms with E-state index in [-0.39, 0.29) is 5.92 Å². The molecule has 0 saturated carbocycles. The molecule has 44 valence electrons. The van der Waals surface area contributed by atoms with Crippen LogP contribution in [0.15, 0.2) is 0 Å². The summed E-state index contributed by atoms with van der Waals surface area (Å²) in [5.74, 6) is 2.23. The zero-order valence-electron chi connectivity index (χ0n) is 5.05. The van der Waals surface area contributed by atoms with Gasteiger partial charge in [-0.05, 0) is 6.42 Å². The van der Waals surface area contributed by atoms with Gasteiger partial charge in [0.05, 0.1) is 5.92 Å². The van der Waals surface area contributed by atoms with Crippen LogP contribution >= 0.6 is 0 Å². The molecule has 1 unspecified atom stereocenters. The molecule has 0 heterocycles. The minimum Gasteiger partial charge on any atom is -0.302 e.